The third kappa shape index (κ3) is 3.72. The summed E-state index contributed by atoms with van der Waals surface area (Å²) in [7, 11) is 0. The molecule has 2 amide bonds. The van der Waals surface area contributed by atoms with Crippen molar-refractivity contribution in [2.75, 3.05) is 19.6 Å². The minimum Gasteiger partial charge on any atom is -0.353 e. The quantitative estimate of drug-likeness (QED) is 0.806. The molecule has 1 aliphatic heterocycles. The van der Waals surface area contributed by atoms with Gasteiger partial charge >= 0.3 is 0 Å². The highest BCUT2D eigenvalue weighted by molar-refractivity contribution is 5.85. The van der Waals surface area contributed by atoms with E-state index in [2.05, 4.69) is 5.32 Å². The Hall–Kier alpha value is -1.06. The number of carbonyl (C=O) groups is 2. The monoisotopic (exact) mass is 238 g/mol. The van der Waals surface area contributed by atoms with Crippen molar-refractivity contribution >= 4 is 11.8 Å². The molecule has 0 aromatic carbocycles. The minimum atomic E-state index is -0.0257. The van der Waals surface area contributed by atoms with Crippen LogP contribution < -0.4 is 5.32 Å². The first kappa shape index (κ1) is 12.4. The van der Waals surface area contributed by atoms with Crippen LogP contribution in [0.4, 0.5) is 0 Å². The van der Waals surface area contributed by atoms with Crippen LogP contribution in [0.5, 0.6) is 0 Å². The molecule has 1 saturated heterocycles. The standard InChI is InChI=1S/C13H22N2O2/c16-12-10-15(9-8-14-12)13(17)7-6-11-4-2-1-3-5-11/h11H,1-10H2,(H,14,16). The van der Waals surface area contributed by atoms with E-state index in [1.54, 1.807) is 4.90 Å². The highest BCUT2D eigenvalue weighted by Gasteiger charge is 2.22. The molecule has 0 bridgehead atoms. The molecule has 1 aliphatic carbocycles. The van der Waals surface area contributed by atoms with Gasteiger partial charge in [-0.3, -0.25) is 9.59 Å². The third-order valence-electron chi connectivity index (χ3n) is 3.88. The van der Waals surface area contributed by atoms with Crippen molar-refractivity contribution in [1.82, 2.24) is 10.2 Å². The van der Waals surface area contributed by atoms with Gasteiger partial charge in [-0.15, -0.1) is 0 Å². The molecule has 0 aromatic heterocycles. The molecule has 2 aliphatic rings. The van der Waals surface area contributed by atoms with Crippen molar-refractivity contribution in [2.45, 2.75) is 44.9 Å². The lowest BCUT2D eigenvalue weighted by Gasteiger charge is -2.28. The molecule has 1 heterocycles. The highest BCUT2D eigenvalue weighted by atomic mass is 16.2. The Labute approximate surface area is 103 Å². The predicted octanol–water partition coefficient (Wildman–Crippen LogP) is 1.31. The van der Waals surface area contributed by atoms with Crippen LogP contribution >= 0.6 is 0 Å². The summed E-state index contributed by atoms with van der Waals surface area (Å²) >= 11 is 0. The van der Waals surface area contributed by atoms with Gasteiger partial charge in [0.05, 0.1) is 6.54 Å². The van der Waals surface area contributed by atoms with Gasteiger partial charge in [0.1, 0.15) is 0 Å². The van der Waals surface area contributed by atoms with Crippen LogP contribution in [0.2, 0.25) is 0 Å². The lowest BCUT2D eigenvalue weighted by molar-refractivity contribution is -0.138. The number of rotatable bonds is 3. The molecule has 0 spiro atoms. The van der Waals surface area contributed by atoms with Crippen LogP contribution in [0.25, 0.3) is 0 Å². The average Bonchev–Trinajstić information content (AvgIpc) is 2.37. The maximum Gasteiger partial charge on any atom is 0.239 e. The van der Waals surface area contributed by atoms with Crippen LogP contribution in [0.1, 0.15) is 44.9 Å². The lowest BCUT2D eigenvalue weighted by atomic mass is 9.86. The average molecular weight is 238 g/mol. The number of carbonyl (C=O) groups excluding carboxylic acids is 2. The fourth-order valence-corrected chi connectivity index (χ4v) is 2.81. The molecule has 17 heavy (non-hydrogen) atoms. The lowest BCUT2D eigenvalue weighted by Crippen LogP contribution is -2.50. The van der Waals surface area contributed by atoms with Gasteiger partial charge in [-0.2, -0.15) is 0 Å². The second kappa shape index (κ2) is 6.03. The van der Waals surface area contributed by atoms with Crippen LogP contribution in [-0.4, -0.2) is 36.3 Å². The first-order chi connectivity index (χ1) is 8.25. The van der Waals surface area contributed by atoms with E-state index in [0.29, 0.717) is 19.5 Å². The van der Waals surface area contributed by atoms with Crippen molar-refractivity contribution in [2.24, 2.45) is 5.92 Å². The van der Waals surface area contributed by atoms with Crippen LogP contribution in [0.15, 0.2) is 0 Å². The van der Waals surface area contributed by atoms with E-state index in [0.717, 1.165) is 12.3 Å². The molecule has 0 unspecified atom stereocenters. The Morgan fingerprint density at radius 2 is 2.06 bits per heavy atom. The summed E-state index contributed by atoms with van der Waals surface area (Å²) in [6.07, 6.45) is 8.21. The minimum absolute atomic E-state index is 0.0257. The molecule has 1 saturated carbocycles. The normalized spacial score (nSPS) is 22.4. The van der Waals surface area contributed by atoms with E-state index in [4.69, 9.17) is 0 Å². The SMILES string of the molecule is O=C1CN(C(=O)CCC2CCCCC2)CCN1. The predicted molar refractivity (Wildman–Crippen MR) is 65.4 cm³/mol. The summed E-state index contributed by atoms with van der Waals surface area (Å²) in [6, 6.07) is 0. The molecule has 4 nitrogen and oxygen atoms in total. The molecule has 2 rings (SSSR count). The first-order valence-corrected chi connectivity index (χ1v) is 6.80. The Morgan fingerprint density at radius 1 is 1.29 bits per heavy atom. The smallest absolute Gasteiger partial charge is 0.239 e. The van der Waals surface area contributed by atoms with Crippen molar-refractivity contribution in [3.05, 3.63) is 0 Å². The van der Waals surface area contributed by atoms with Gasteiger partial charge < -0.3 is 10.2 Å². The maximum atomic E-state index is 11.9. The Morgan fingerprint density at radius 3 is 2.76 bits per heavy atom. The molecule has 96 valence electrons. The summed E-state index contributed by atoms with van der Waals surface area (Å²) < 4.78 is 0. The zero-order chi connectivity index (χ0) is 12.1. The van der Waals surface area contributed by atoms with Crippen LogP contribution in [-0.2, 0) is 9.59 Å². The number of piperazine rings is 1. The summed E-state index contributed by atoms with van der Waals surface area (Å²) in [5, 5.41) is 2.74. The largest absolute Gasteiger partial charge is 0.353 e. The Balaban J connectivity index is 1.70. The first-order valence-electron chi connectivity index (χ1n) is 6.80. The summed E-state index contributed by atoms with van der Waals surface area (Å²) in [5.74, 6) is 0.874. The number of nitrogens with zero attached hydrogens (tertiary/aromatic N) is 1. The molecular weight excluding hydrogens is 216 g/mol. The van der Waals surface area contributed by atoms with Crippen molar-refractivity contribution in [3.63, 3.8) is 0 Å². The Bertz CT molecular complexity index is 285. The number of amides is 2. The van der Waals surface area contributed by atoms with E-state index >= 15 is 0 Å². The second-order valence-corrected chi connectivity index (χ2v) is 5.21. The van der Waals surface area contributed by atoms with Gasteiger partial charge in [-0.25, -0.2) is 0 Å². The zero-order valence-corrected chi connectivity index (χ0v) is 10.4. The number of hydrogen-bond acceptors (Lipinski definition) is 2. The fourth-order valence-electron chi connectivity index (χ4n) is 2.81. The van der Waals surface area contributed by atoms with Crippen molar-refractivity contribution in [1.29, 1.82) is 0 Å². The second-order valence-electron chi connectivity index (χ2n) is 5.21. The summed E-state index contributed by atoms with van der Waals surface area (Å²) in [6.45, 7) is 1.53. The van der Waals surface area contributed by atoms with Gasteiger partial charge in [0.15, 0.2) is 0 Å². The van der Waals surface area contributed by atoms with E-state index in [9.17, 15) is 9.59 Å². The van der Waals surface area contributed by atoms with E-state index in [1.807, 2.05) is 0 Å². The highest BCUT2D eigenvalue weighted by Crippen LogP contribution is 2.27. The fraction of sp³-hybridized carbons (Fsp3) is 0.846. The third-order valence-corrected chi connectivity index (χ3v) is 3.88. The molecule has 0 aromatic rings. The molecule has 1 N–H and O–H groups in total. The molecule has 4 heteroatoms. The van der Waals surface area contributed by atoms with E-state index in [1.165, 1.54) is 32.1 Å². The van der Waals surface area contributed by atoms with Crippen molar-refractivity contribution < 1.29 is 9.59 Å². The molecule has 0 atom stereocenters. The van der Waals surface area contributed by atoms with Gasteiger partial charge in [-0.05, 0) is 12.3 Å². The van der Waals surface area contributed by atoms with Gasteiger partial charge in [0, 0.05) is 19.5 Å². The number of hydrogen-bond donors (Lipinski definition) is 1. The Kier molecular flexibility index (Phi) is 4.40. The van der Waals surface area contributed by atoms with Gasteiger partial charge in [0.25, 0.3) is 0 Å². The topological polar surface area (TPSA) is 49.4 Å². The molecular formula is C13H22N2O2. The number of nitrogens with one attached hydrogen (secondary N) is 1. The van der Waals surface area contributed by atoms with Crippen LogP contribution in [0.3, 0.4) is 0 Å². The van der Waals surface area contributed by atoms with Crippen molar-refractivity contribution in [3.8, 4) is 0 Å². The summed E-state index contributed by atoms with van der Waals surface area (Å²) in [4.78, 5) is 24.8. The van der Waals surface area contributed by atoms with E-state index in [-0.39, 0.29) is 18.4 Å². The molecule has 2 fully saturated rings. The zero-order valence-electron chi connectivity index (χ0n) is 10.4. The maximum absolute atomic E-state index is 11.9. The van der Waals surface area contributed by atoms with Gasteiger partial charge in [0.2, 0.25) is 11.8 Å². The summed E-state index contributed by atoms with van der Waals surface area (Å²) in [5.41, 5.74) is 0. The van der Waals surface area contributed by atoms with Crippen LogP contribution in [0, 0.1) is 5.92 Å². The molecule has 0 radical (unpaired) electrons. The van der Waals surface area contributed by atoms with E-state index < -0.39 is 0 Å². The van der Waals surface area contributed by atoms with Gasteiger partial charge in [-0.1, -0.05) is 32.1 Å².